The quantitative estimate of drug-likeness (QED) is 0.537. The molecule has 3 nitrogen and oxygen atoms in total. The van der Waals surface area contributed by atoms with Crippen LogP contribution in [0, 0.1) is 12.0 Å². The average Bonchev–Trinajstić information content (AvgIpc) is 3.13. The largest absolute Gasteiger partial charge is 0.468 e. The average molecular weight is 297 g/mol. The second kappa shape index (κ2) is 5.94. The lowest BCUT2D eigenvalue weighted by atomic mass is 10.2. The summed E-state index contributed by atoms with van der Waals surface area (Å²) in [7, 11) is 3.82. The highest BCUT2D eigenvalue weighted by atomic mass is 32.1. The van der Waals surface area contributed by atoms with E-state index in [1.165, 1.54) is 0 Å². The predicted molar refractivity (Wildman–Crippen MR) is 85.4 cm³/mol. The second-order valence-corrected chi connectivity index (χ2v) is 5.74. The summed E-state index contributed by atoms with van der Waals surface area (Å²) >= 11 is 1.63. The van der Waals surface area contributed by atoms with Gasteiger partial charge in [0.15, 0.2) is 17.4 Å². The number of fused-ring (bicyclic) bond motifs is 1. The van der Waals surface area contributed by atoms with Crippen LogP contribution in [0.5, 0.6) is 5.75 Å². The maximum Gasteiger partial charge on any atom is 0.195 e. The third-order valence-corrected chi connectivity index (χ3v) is 3.82. The normalized spacial score (nSPS) is 11.7. The Bertz CT molecular complexity index is 778. The van der Waals surface area contributed by atoms with Crippen molar-refractivity contribution in [2.45, 2.75) is 6.10 Å². The van der Waals surface area contributed by atoms with Crippen molar-refractivity contribution in [2.75, 3.05) is 14.1 Å². The summed E-state index contributed by atoms with van der Waals surface area (Å²) in [5, 5.41) is 3.05. The Kier molecular flexibility index (Phi) is 3.85. The molecule has 0 radical (unpaired) electrons. The zero-order valence-corrected chi connectivity index (χ0v) is 12.7. The van der Waals surface area contributed by atoms with Gasteiger partial charge in [-0.3, -0.25) is 0 Å². The van der Waals surface area contributed by atoms with E-state index in [1.807, 2.05) is 60.8 Å². The number of thiophene rings is 1. The molecule has 2 heterocycles. The van der Waals surface area contributed by atoms with Gasteiger partial charge in [0.2, 0.25) is 0 Å². The second-order valence-electron chi connectivity index (χ2n) is 4.76. The summed E-state index contributed by atoms with van der Waals surface area (Å²) in [6.07, 6.45) is 1.37. The lowest BCUT2D eigenvalue weighted by Gasteiger charge is -2.13. The van der Waals surface area contributed by atoms with E-state index in [-0.39, 0.29) is 6.10 Å². The monoisotopic (exact) mass is 297 g/mol. The zero-order chi connectivity index (χ0) is 14.7. The molecule has 3 rings (SSSR count). The van der Waals surface area contributed by atoms with Gasteiger partial charge in [0, 0.05) is 25.5 Å². The molecule has 21 heavy (non-hydrogen) atoms. The molecule has 3 aromatic rings. The van der Waals surface area contributed by atoms with Gasteiger partial charge in [-0.25, -0.2) is 0 Å². The molecule has 2 aromatic heterocycles. The van der Waals surface area contributed by atoms with E-state index in [1.54, 1.807) is 17.6 Å². The van der Waals surface area contributed by atoms with Gasteiger partial charge in [-0.2, -0.15) is 0 Å². The fraction of sp³-hybridized carbons (Fsp3) is 0.176. The molecule has 0 aliphatic heterocycles. The first kappa shape index (κ1) is 13.6. The summed E-state index contributed by atoms with van der Waals surface area (Å²) in [4.78, 5) is 2.89. The highest BCUT2D eigenvalue weighted by Gasteiger charge is 2.14. The minimum Gasteiger partial charge on any atom is -0.468 e. The standard InChI is InChI=1S/C17H15NO2S/c1-18(2)10-8-14(16-7-4-12-21-16)20-15-6-3-5-13-9-11-19-17(13)15/h3-7,9,11-12,14H,1-2H3/t14-/m0/s1. The molecular formula is C17H15NO2S. The molecule has 0 N–H and O–H groups in total. The lowest BCUT2D eigenvalue weighted by Crippen LogP contribution is -2.07. The number of hydrogen-bond donors (Lipinski definition) is 0. The molecule has 0 saturated heterocycles. The molecule has 0 bridgehead atoms. The van der Waals surface area contributed by atoms with E-state index in [4.69, 9.17) is 9.15 Å². The van der Waals surface area contributed by atoms with Gasteiger partial charge in [-0.1, -0.05) is 18.2 Å². The topological polar surface area (TPSA) is 25.6 Å². The summed E-state index contributed by atoms with van der Waals surface area (Å²) in [6.45, 7) is 0. The Balaban J connectivity index is 1.95. The first-order chi connectivity index (χ1) is 10.2. The van der Waals surface area contributed by atoms with Gasteiger partial charge in [-0.15, -0.1) is 11.3 Å². The lowest BCUT2D eigenvalue weighted by molar-refractivity contribution is 0.267. The summed E-state index contributed by atoms with van der Waals surface area (Å²) < 4.78 is 11.6. The van der Waals surface area contributed by atoms with Crippen LogP contribution in [-0.2, 0) is 0 Å². The SMILES string of the molecule is CN(C)C#C[C@H](Oc1cccc2ccoc12)c1cccs1. The Labute approximate surface area is 127 Å². The summed E-state index contributed by atoms with van der Waals surface area (Å²) in [5.41, 5.74) is 0.755. The van der Waals surface area contributed by atoms with Crippen molar-refractivity contribution in [3.63, 3.8) is 0 Å². The van der Waals surface area contributed by atoms with Gasteiger partial charge in [0.25, 0.3) is 0 Å². The number of furan rings is 1. The Morgan fingerprint density at radius 3 is 2.86 bits per heavy atom. The minimum atomic E-state index is -0.303. The third kappa shape index (κ3) is 3.04. The first-order valence-corrected chi connectivity index (χ1v) is 7.47. The van der Waals surface area contributed by atoms with Gasteiger partial charge >= 0.3 is 0 Å². The molecule has 0 aliphatic rings. The molecule has 0 amide bonds. The highest BCUT2D eigenvalue weighted by molar-refractivity contribution is 7.10. The number of rotatable bonds is 3. The van der Waals surface area contributed by atoms with Crippen molar-refractivity contribution < 1.29 is 9.15 Å². The van der Waals surface area contributed by atoms with E-state index in [9.17, 15) is 0 Å². The molecule has 1 aromatic carbocycles. The van der Waals surface area contributed by atoms with Crippen LogP contribution < -0.4 is 4.74 Å². The minimum absolute atomic E-state index is 0.303. The molecule has 0 aliphatic carbocycles. The van der Waals surface area contributed by atoms with Crippen LogP contribution >= 0.6 is 11.3 Å². The third-order valence-electron chi connectivity index (χ3n) is 2.91. The van der Waals surface area contributed by atoms with Gasteiger partial charge in [0.1, 0.15) is 0 Å². The Morgan fingerprint density at radius 2 is 2.10 bits per heavy atom. The summed E-state index contributed by atoms with van der Waals surface area (Å²) in [5.74, 6) is 3.86. The van der Waals surface area contributed by atoms with E-state index in [2.05, 4.69) is 12.0 Å². The van der Waals surface area contributed by atoms with Crippen LogP contribution in [0.3, 0.4) is 0 Å². The van der Waals surface area contributed by atoms with Crippen molar-refractivity contribution in [3.05, 3.63) is 52.9 Å². The first-order valence-electron chi connectivity index (χ1n) is 6.59. The van der Waals surface area contributed by atoms with Crippen LogP contribution in [0.1, 0.15) is 11.0 Å². The Morgan fingerprint density at radius 1 is 1.19 bits per heavy atom. The van der Waals surface area contributed by atoms with Crippen molar-refractivity contribution in [1.29, 1.82) is 0 Å². The zero-order valence-electron chi connectivity index (χ0n) is 11.9. The highest BCUT2D eigenvalue weighted by Crippen LogP contribution is 2.31. The predicted octanol–water partition coefficient (Wildman–Crippen LogP) is 4.14. The van der Waals surface area contributed by atoms with Crippen LogP contribution in [0.4, 0.5) is 0 Å². The molecule has 0 saturated carbocycles. The van der Waals surface area contributed by atoms with E-state index < -0.39 is 0 Å². The Hall–Kier alpha value is -2.38. The van der Waals surface area contributed by atoms with E-state index in [0.717, 1.165) is 15.8 Å². The van der Waals surface area contributed by atoms with E-state index >= 15 is 0 Å². The van der Waals surface area contributed by atoms with Gasteiger partial charge in [-0.05, 0) is 29.5 Å². The molecular weight excluding hydrogens is 282 g/mol. The molecule has 0 fully saturated rings. The molecule has 0 spiro atoms. The number of nitrogens with zero attached hydrogens (tertiary/aromatic N) is 1. The van der Waals surface area contributed by atoms with Crippen molar-refractivity contribution in [3.8, 4) is 17.7 Å². The summed E-state index contributed by atoms with van der Waals surface area (Å²) in [6, 6.07) is 14.8. The number of ether oxygens (including phenoxy) is 1. The van der Waals surface area contributed by atoms with Crippen molar-refractivity contribution in [1.82, 2.24) is 4.90 Å². The van der Waals surface area contributed by atoms with E-state index in [0.29, 0.717) is 5.75 Å². The van der Waals surface area contributed by atoms with Gasteiger partial charge in [0.05, 0.1) is 11.1 Å². The number of hydrogen-bond acceptors (Lipinski definition) is 4. The van der Waals surface area contributed by atoms with Crippen molar-refractivity contribution in [2.24, 2.45) is 0 Å². The molecule has 0 unspecified atom stereocenters. The van der Waals surface area contributed by atoms with Crippen LogP contribution in [0.2, 0.25) is 0 Å². The van der Waals surface area contributed by atoms with Crippen LogP contribution in [-0.4, -0.2) is 19.0 Å². The maximum absolute atomic E-state index is 6.10. The number of benzene rings is 1. The van der Waals surface area contributed by atoms with Gasteiger partial charge < -0.3 is 14.1 Å². The van der Waals surface area contributed by atoms with Crippen LogP contribution in [0.15, 0.2) is 52.5 Å². The molecule has 106 valence electrons. The maximum atomic E-state index is 6.10. The fourth-order valence-electron chi connectivity index (χ4n) is 1.97. The van der Waals surface area contributed by atoms with Crippen LogP contribution in [0.25, 0.3) is 11.0 Å². The molecule has 4 heteroatoms. The molecule has 1 atom stereocenters. The smallest absolute Gasteiger partial charge is 0.195 e. The number of para-hydroxylation sites is 1. The fourth-order valence-corrected chi connectivity index (χ4v) is 2.67. The van der Waals surface area contributed by atoms with Crippen molar-refractivity contribution >= 4 is 22.3 Å².